The Balaban J connectivity index is 1.21. The summed E-state index contributed by atoms with van der Waals surface area (Å²) >= 11 is 0. The van der Waals surface area contributed by atoms with Crippen LogP contribution < -0.4 is 10.2 Å². The lowest BCUT2D eigenvalue weighted by atomic mass is 10.1. The Bertz CT molecular complexity index is 1150. The summed E-state index contributed by atoms with van der Waals surface area (Å²) in [6.45, 7) is 4.86. The van der Waals surface area contributed by atoms with Gasteiger partial charge in [0.15, 0.2) is 0 Å². The van der Waals surface area contributed by atoms with Crippen LogP contribution in [-0.2, 0) is 16.0 Å². The molecular formula is C28H33N5O3. The summed E-state index contributed by atoms with van der Waals surface area (Å²) in [7, 11) is 0. The maximum atomic E-state index is 12.7. The van der Waals surface area contributed by atoms with E-state index >= 15 is 0 Å². The molecule has 0 bridgehead atoms. The van der Waals surface area contributed by atoms with Crippen molar-refractivity contribution in [3.05, 3.63) is 72.2 Å². The molecule has 0 aliphatic carbocycles. The molecular weight excluding hydrogens is 454 g/mol. The molecule has 2 aromatic carbocycles. The van der Waals surface area contributed by atoms with E-state index in [9.17, 15) is 9.90 Å². The zero-order valence-electron chi connectivity index (χ0n) is 20.5. The fourth-order valence-corrected chi connectivity index (χ4v) is 4.94. The van der Waals surface area contributed by atoms with Crippen LogP contribution >= 0.6 is 0 Å². The van der Waals surface area contributed by atoms with Gasteiger partial charge >= 0.3 is 0 Å². The van der Waals surface area contributed by atoms with Gasteiger partial charge < -0.3 is 20.1 Å². The molecule has 5 rings (SSSR count). The molecule has 2 aliphatic rings. The first-order valence-corrected chi connectivity index (χ1v) is 12.7. The lowest BCUT2D eigenvalue weighted by Crippen LogP contribution is -2.40. The monoisotopic (exact) mass is 487 g/mol. The second kappa shape index (κ2) is 11.6. The lowest BCUT2D eigenvalue weighted by Gasteiger charge is -2.28. The Kier molecular flexibility index (Phi) is 7.85. The Morgan fingerprint density at radius 2 is 1.81 bits per heavy atom. The number of anilines is 2. The van der Waals surface area contributed by atoms with Gasteiger partial charge in [-0.25, -0.2) is 9.97 Å². The quantitative estimate of drug-likeness (QED) is 0.505. The number of β-amino-alcohol motifs (C(OH)–C–C–N with tert-alkyl or cyclic N) is 1. The number of aromatic nitrogens is 2. The summed E-state index contributed by atoms with van der Waals surface area (Å²) in [5, 5.41) is 12.2. The topological polar surface area (TPSA) is 90.8 Å². The number of hydrogen-bond acceptors (Lipinski definition) is 7. The van der Waals surface area contributed by atoms with E-state index in [0.29, 0.717) is 13.0 Å². The van der Waals surface area contributed by atoms with Gasteiger partial charge in [0.2, 0.25) is 5.91 Å². The molecule has 2 aliphatic heterocycles. The van der Waals surface area contributed by atoms with E-state index < -0.39 is 0 Å². The van der Waals surface area contributed by atoms with Gasteiger partial charge in [-0.15, -0.1) is 0 Å². The Morgan fingerprint density at radius 3 is 2.56 bits per heavy atom. The molecule has 1 amide bonds. The molecule has 2 N–H and O–H groups in total. The number of aliphatic hydroxyl groups is 1. The first-order valence-electron chi connectivity index (χ1n) is 12.7. The van der Waals surface area contributed by atoms with E-state index in [1.54, 1.807) is 6.20 Å². The number of nitrogens with one attached hydrogen (secondary N) is 1. The number of morpholine rings is 1. The second-order valence-corrected chi connectivity index (χ2v) is 9.28. The predicted octanol–water partition coefficient (Wildman–Crippen LogP) is 2.97. The first-order chi connectivity index (χ1) is 17.7. The Morgan fingerprint density at radius 1 is 1.03 bits per heavy atom. The largest absolute Gasteiger partial charge is 0.395 e. The van der Waals surface area contributed by atoms with Gasteiger partial charge in [0.05, 0.1) is 31.6 Å². The Hall–Kier alpha value is -3.33. The highest BCUT2D eigenvalue weighted by Gasteiger charge is 2.30. The van der Waals surface area contributed by atoms with Crippen molar-refractivity contribution in [1.82, 2.24) is 14.9 Å². The maximum Gasteiger partial charge on any atom is 0.241 e. The van der Waals surface area contributed by atoms with Crippen LogP contribution in [0.2, 0.25) is 0 Å². The minimum absolute atomic E-state index is 0.0161. The van der Waals surface area contributed by atoms with Gasteiger partial charge in [0.1, 0.15) is 5.82 Å². The van der Waals surface area contributed by atoms with E-state index in [1.165, 1.54) is 11.3 Å². The molecule has 36 heavy (non-hydrogen) atoms. The molecule has 188 valence electrons. The molecule has 2 saturated heterocycles. The summed E-state index contributed by atoms with van der Waals surface area (Å²) in [5.41, 5.74) is 4.98. The summed E-state index contributed by atoms with van der Waals surface area (Å²) in [4.78, 5) is 26.4. The number of likely N-dealkylation sites (tertiary alicyclic amines) is 1. The van der Waals surface area contributed by atoms with Crippen LogP contribution in [0.4, 0.5) is 11.4 Å². The molecule has 1 atom stereocenters. The lowest BCUT2D eigenvalue weighted by molar-refractivity contribution is -0.120. The molecule has 0 spiro atoms. The van der Waals surface area contributed by atoms with Crippen molar-refractivity contribution >= 4 is 17.3 Å². The summed E-state index contributed by atoms with van der Waals surface area (Å²) in [6.07, 6.45) is 4.26. The molecule has 3 aromatic rings. The zero-order valence-corrected chi connectivity index (χ0v) is 20.5. The number of aliphatic hydroxyl groups excluding tert-OH is 1. The average molecular weight is 488 g/mol. The van der Waals surface area contributed by atoms with E-state index in [0.717, 1.165) is 68.5 Å². The summed E-state index contributed by atoms with van der Waals surface area (Å²) in [5.74, 6) is 0.756. The highest BCUT2D eigenvalue weighted by Crippen LogP contribution is 2.23. The van der Waals surface area contributed by atoms with Gasteiger partial charge in [0, 0.05) is 49.2 Å². The molecule has 8 nitrogen and oxygen atoms in total. The van der Waals surface area contributed by atoms with Crippen molar-refractivity contribution in [2.75, 3.05) is 56.2 Å². The third-order valence-electron chi connectivity index (χ3n) is 6.88. The van der Waals surface area contributed by atoms with E-state index in [-0.39, 0.29) is 18.6 Å². The van der Waals surface area contributed by atoms with Crippen molar-refractivity contribution in [3.8, 4) is 11.3 Å². The van der Waals surface area contributed by atoms with Crippen LogP contribution in [0.1, 0.15) is 24.2 Å². The van der Waals surface area contributed by atoms with Crippen LogP contribution in [0.5, 0.6) is 0 Å². The molecule has 2 fully saturated rings. The van der Waals surface area contributed by atoms with Crippen LogP contribution in [0.3, 0.4) is 0 Å². The normalized spacial score (nSPS) is 18.4. The number of ether oxygens (including phenoxy) is 1. The van der Waals surface area contributed by atoms with Crippen molar-refractivity contribution < 1.29 is 14.6 Å². The van der Waals surface area contributed by atoms with Crippen molar-refractivity contribution in [2.45, 2.75) is 25.3 Å². The summed E-state index contributed by atoms with van der Waals surface area (Å²) in [6, 6.07) is 18.1. The minimum atomic E-state index is -0.177. The van der Waals surface area contributed by atoms with Crippen LogP contribution in [0, 0.1) is 0 Å². The fraction of sp³-hybridized carbons (Fsp3) is 0.393. The number of hydrogen-bond donors (Lipinski definition) is 2. The number of carbonyl (C=O) groups is 1. The van der Waals surface area contributed by atoms with Crippen molar-refractivity contribution in [1.29, 1.82) is 0 Å². The van der Waals surface area contributed by atoms with Crippen LogP contribution in [-0.4, -0.2) is 77.9 Å². The smallest absolute Gasteiger partial charge is 0.241 e. The number of nitrogens with zero attached hydrogens (tertiary/aromatic N) is 4. The highest BCUT2D eigenvalue weighted by atomic mass is 16.5. The molecule has 3 heterocycles. The van der Waals surface area contributed by atoms with Crippen molar-refractivity contribution in [2.24, 2.45) is 0 Å². The van der Waals surface area contributed by atoms with Crippen LogP contribution in [0.25, 0.3) is 11.3 Å². The highest BCUT2D eigenvalue weighted by molar-refractivity contribution is 5.95. The number of rotatable bonds is 8. The zero-order chi connectivity index (χ0) is 24.7. The third kappa shape index (κ3) is 5.90. The predicted molar refractivity (Wildman–Crippen MR) is 140 cm³/mol. The average Bonchev–Trinajstić information content (AvgIpc) is 3.39. The molecule has 0 unspecified atom stereocenters. The minimum Gasteiger partial charge on any atom is -0.395 e. The molecule has 0 saturated carbocycles. The molecule has 8 heteroatoms. The number of carbonyl (C=O) groups excluding carboxylic acids is 1. The summed E-state index contributed by atoms with van der Waals surface area (Å²) < 4.78 is 5.44. The molecule has 0 radical (unpaired) electrons. The number of benzene rings is 2. The first kappa shape index (κ1) is 24.4. The van der Waals surface area contributed by atoms with E-state index in [1.807, 2.05) is 35.2 Å². The molecule has 1 aromatic heterocycles. The SMILES string of the molecule is O=C(Nc1ccc(-c2ccnc(Cc3ccc(N4CCOCC4)cc3)n2)cc1)[C@H]1CCCN1CCO. The maximum absolute atomic E-state index is 12.7. The standard InChI is InChI=1S/C28H33N5O3/c34-17-14-33-13-1-2-26(33)28(35)30-23-7-5-22(6-8-23)25-11-12-29-27(31-25)20-21-3-9-24(10-4-21)32-15-18-36-19-16-32/h3-12,26,34H,1-2,13-20H2,(H,30,35)/t26-/m1/s1. The fourth-order valence-electron chi connectivity index (χ4n) is 4.94. The van der Waals surface area contributed by atoms with Crippen molar-refractivity contribution in [3.63, 3.8) is 0 Å². The van der Waals surface area contributed by atoms with Gasteiger partial charge in [0.25, 0.3) is 0 Å². The Labute approximate surface area is 211 Å². The third-order valence-corrected chi connectivity index (χ3v) is 6.88. The number of amides is 1. The van der Waals surface area contributed by atoms with Gasteiger partial charge in [-0.1, -0.05) is 24.3 Å². The van der Waals surface area contributed by atoms with Gasteiger partial charge in [-0.05, 0) is 55.3 Å². The van der Waals surface area contributed by atoms with Gasteiger partial charge in [-0.3, -0.25) is 9.69 Å². The second-order valence-electron chi connectivity index (χ2n) is 9.28. The van der Waals surface area contributed by atoms with Gasteiger partial charge in [-0.2, -0.15) is 0 Å². The van der Waals surface area contributed by atoms with E-state index in [2.05, 4.69) is 39.5 Å². The van der Waals surface area contributed by atoms with Crippen LogP contribution in [0.15, 0.2) is 60.8 Å². The van der Waals surface area contributed by atoms with E-state index in [4.69, 9.17) is 9.72 Å².